The fraction of sp³-hybridized carbons (Fsp3) is 0.368. The van der Waals surface area contributed by atoms with Crippen LogP contribution in [0.4, 0.5) is 0 Å². The number of aromatic amines is 1. The van der Waals surface area contributed by atoms with E-state index < -0.39 is 23.2 Å². The van der Waals surface area contributed by atoms with E-state index in [0.29, 0.717) is 3.12 Å². The van der Waals surface area contributed by atoms with Crippen molar-refractivity contribution in [1.82, 2.24) is 4.98 Å². The number of fused-ring (bicyclic) bond motifs is 2. The summed E-state index contributed by atoms with van der Waals surface area (Å²) in [4.78, 5) is 3.70. The molecular formula is C19H21Cl2NZr. The van der Waals surface area contributed by atoms with Gasteiger partial charge in [0.05, 0.1) is 0 Å². The molecule has 1 fully saturated rings. The Bertz CT molecular complexity index is 765. The van der Waals surface area contributed by atoms with Gasteiger partial charge in [-0.25, -0.2) is 0 Å². The molecule has 2 aliphatic carbocycles. The predicted molar refractivity (Wildman–Crippen MR) is 85.5 cm³/mol. The van der Waals surface area contributed by atoms with Crippen molar-refractivity contribution < 1.29 is 48.0 Å². The summed E-state index contributed by atoms with van der Waals surface area (Å²) in [5.74, 6) is 0.831. The minimum Gasteiger partial charge on any atom is -1.00 e. The third-order valence-corrected chi connectivity index (χ3v) is 10.9. The summed E-state index contributed by atoms with van der Waals surface area (Å²) < 4.78 is 2.02. The molecule has 0 saturated heterocycles. The first kappa shape index (κ1) is 19.0. The molecule has 2 atom stereocenters. The second-order valence-corrected chi connectivity index (χ2v) is 10.5. The molecule has 1 N–H and O–H groups in total. The van der Waals surface area contributed by atoms with Crippen molar-refractivity contribution in [3.05, 3.63) is 52.6 Å². The van der Waals surface area contributed by atoms with E-state index in [1.54, 1.807) is 25.7 Å². The quantitative estimate of drug-likeness (QED) is 0.619. The van der Waals surface area contributed by atoms with Gasteiger partial charge in [0.25, 0.3) is 0 Å². The summed E-state index contributed by atoms with van der Waals surface area (Å²) in [7, 11) is 0. The number of aromatic nitrogens is 1. The molecule has 23 heavy (non-hydrogen) atoms. The van der Waals surface area contributed by atoms with E-state index in [9.17, 15) is 0 Å². The average molecular weight is 426 g/mol. The van der Waals surface area contributed by atoms with Crippen molar-refractivity contribution in [3.8, 4) is 0 Å². The Kier molecular flexibility index (Phi) is 5.42. The van der Waals surface area contributed by atoms with Crippen LogP contribution >= 0.6 is 0 Å². The van der Waals surface area contributed by atoms with Crippen molar-refractivity contribution in [2.75, 3.05) is 0 Å². The molecule has 1 aromatic heterocycles. The molecule has 0 bridgehead atoms. The molecule has 1 saturated carbocycles. The van der Waals surface area contributed by atoms with Gasteiger partial charge in [0.15, 0.2) is 0 Å². The molecule has 0 radical (unpaired) electrons. The predicted octanol–water partition coefficient (Wildman–Crippen LogP) is -1.25. The molecule has 0 spiro atoms. The number of hydrogen-bond acceptors (Lipinski definition) is 0. The zero-order valence-electron chi connectivity index (χ0n) is 13.9. The number of benzene rings is 1. The van der Waals surface area contributed by atoms with Crippen molar-refractivity contribution in [3.63, 3.8) is 0 Å². The van der Waals surface area contributed by atoms with Gasteiger partial charge in [-0.05, 0) is 0 Å². The zero-order valence-corrected chi connectivity index (χ0v) is 17.9. The van der Waals surface area contributed by atoms with E-state index in [4.69, 9.17) is 0 Å². The monoisotopic (exact) mass is 423 g/mol. The fourth-order valence-electron chi connectivity index (χ4n) is 4.28. The third kappa shape index (κ3) is 2.53. The van der Waals surface area contributed by atoms with Crippen LogP contribution in [0.25, 0.3) is 10.9 Å². The van der Waals surface area contributed by atoms with Crippen molar-refractivity contribution >= 4 is 14.3 Å². The van der Waals surface area contributed by atoms with Gasteiger partial charge < -0.3 is 24.8 Å². The molecular weight excluding hydrogens is 404 g/mol. The van der Waals surface area contributed by atoms with Gasteiger partial charge in [-0.1, -0.05) is 0 Å². The second-order valence-electron chi connectivity index (χ2n) is 6.66. The van der Waals surface area contributed by atoms with Gasteiger partial charge in [0.2, 0.25) is 0 Å². The smallest absolute Gasteiger partial charge is 1.00 e. The molecule has 1 aromatic carbocycles. The standard InChI is InChI=1S/C11H15.C8H6N.2ClH.Zr/c1-6-5-10-8(3)7(2)9(4)11(6)10;1-2-4-8-7(3-1)5-6-9-8;;;/h6H,5H2,1-4H3;1-5,9H;2*1H;/q;;;;+2/p-2. The molecule has 2 aromatic rings. The Morgan fingerprint density at radius 2 is 1.78 bits per heavy atom. The number of para-hydroxylation sites is 1. The van der Waals surface area contributed by atoms with Crippen LogP contribution in [0.1, 0.15) is 34.1 Å². The Morgan fingerprint density at radius 3 is 2.39 bits per heavy atom. The summed E-state index contributed by atoms with van der Waals surface area (Å²) in [6.45, 7) is 9.52. The SMILES string of the molecule is CC1=C(C)[C]2([Zr+2][c]3cc4ccccc4[nH]3)C(=C1C)CC2C.[Cl-].[Cl-]. The number of rotatable bonds is 2. The van der Waals surface area contributed by atoms with Gasteiger partial charge in [-0.15, -0.1) is 0 Å². The summed E-state index contributed by atoms with van der Waals surface area (Å²) in [6.07, 6.45) is 1.32. The average Bonchev–Trinajstić information content (AvgIpc) is 2.94. The first-order valence-electron chi connectivity index (χ1n) is 7.78. The number of H-pyrrole nitrogens is 1. The summed E-state index contributed by atoms with van der Waals surface area (Å²) in [5.41, 5.74) is 7.93. The van der Waals surface area contributed by atoms with E-state index in [0.717, 1.165) is 5.92 Å². The Balaban J connectivity index is 0.000000960. The van der Waals surface area contributed by atoms with Crippen LogP contribution in [0.2, 0.25) is 3.12 Å². The summed E-state index contributed by atoms with van der Waals surface area (Å²) in [6, 6.07) is 11.1. The van der Waals surface area contributed by atoms with Crippen LogP contribution in [0.5, 0.6) is 0 Å². The van der Waals surface area contributed by atoms with Crippen molar-refractivity contribution in [2.24, 2.45) is 5.92 Å². The minimum absolute atomic E-state index is 0. The van der Waals surface area contributed by atoms with Crippen LogP contribution in [0, 0.1) is 5.92 Å². The summed E-state index contributed by atoms with van der Waals surface area (Å²) in [5, 5.41) is 1.37. The number of hydrogen-bond donors (Lipinski definition) is 1. The molecule has 4 heteroatoms. The first-order valence-corrected chi connectivity index (χ1v) is 10.2. The van der Waals surface area contributed by atoms with Crippen LogP contribution in [-0.4, -0.2) is 4.98 Å². The Hall–Kier alpha value is -0.297. The zero-order chi connectivity index (χ0) is 14.8. The molecule has 0 aliphatic heterocycles. The number of nitrogens with one attached hydrogen (secondary N) is 1. The molecule has 2 unspecified atom stereocenters. The second kappa shape index (κ2) is 6.54. The van der Waals surface area contributed by atoms with Gasteiger partial charge in [0, 0.05) is 0 Å². The molecule has 1 heterocycles. The van der Waals surface area contributed by atoms with Crippen molar-refractivity contribution in [2.45, 2.75) is 37.2 Å². The van der Waals surface area contributed by atoms with Crippen LogP contribution in [0.15, 0.2) is 52.6 Å². The van der Waals surface area contributed by atoms with Gasteiger partial charge >= 0.3 is 138 Å². The maximum Gasteiger partial charge on any atom is -1.00 e. The minimum atomic E-state index is -0.718. The maximum absolute atomic E-state index is 3.70. The normalized spacial score (nSPS) is 25.5. The number of halogens is 2. The molecule has 120 valence electrons. The van der Waals surface area contributed by atoms with Crippen molar-refractivity contribution in [1.29, 1.82) is 0 Å². The molecule has 2 aliphatic rings. The van der Waals surface area contributed by atoms with E-state index >= 15 is 0 Å². The summed E-state index contributed by atoms with van der Waals surface area (Å²) >= 11 is -0.718. The molecule has 0 amide bonds. The number of allylic oxidation sites excluding steroid dienone is 4. The Labute approximate surface area is 162 Å². The van der Waals surface area contributed by atoms with Crippen LogP contribution in [0.3, 0.4) is 0 Å². The van der Waals surface area contributed by atoms with Gasteiger partial charge in [-0.3, -0.25) is 0 Å². The van der Waals surface area contributed by atoms with E-state index in [1.807, 2.05) is 0 Å². The largest absolute Gasteiger partial charge is 1.00 e. The third-order valence-electron chi connectivity index (χ3n) is 5.76. The van der Waals surface area contributed by atoms with E-state index in [2.05, 4.69) is 63.0 Å². The fourth-order valence-corrected chi connectivity index (χ4v) is 9.23. The van der Waals surface area contributed by atoms with Crippen LogP contribution in [-0.2, 0) is 23.2 Å². The van der Waals surface area contributed by atoms with Gasteiger partial charge in [-0.2, -0.15) is 0 Å². The van der Waals surface area contributed by atoms with E-state index in [1.165, 1.54) is 17.3 Å². The van der Waals surface area contributed by atoms with E-state index in [-0.39, 0.29) is 24.8 Å². The van der Waals surface area contributed by atoms with Gasteiger partial charge in [0.1, 0.15) is 0 Å². The van der Waals surface area contributed by atoms with Crippen LogP contribution < -0.4 is 28.2 Å². The Morgan fingerprint density at radius 1 is 1.09 bits per heavy atom. The maximum atomic E-state index is 3.70. The first-order chi connectivity index (χ1) is 10.0. The topological polar surface area (TPSA) is 15.8 Å². The molecule has 4 rings (SSSR count). The molecule has 1 nitrogen and oxygen atoms in total.